The standard InChI is InChI=1S/C24H22N2O4/c1-28-20-15-14-19(23(29-2)24(20)30-3)16-25-26-21(17-10-6-4-7-11-17)22(27)18-12-8-5-9-13-18/h4-16H,1-3H3/b25-16-,26-21-. The van der Waals surface area contributed by atoms with E-state index in [1.165, 1.54) is 20.4 Å². The van der Waals surface area contributed by atoms with E-state index in [2.05, 4.69) is 10.2 Å². The molecule has 0 radical (unpaired) electrons. The van der Waals surface area contributed by atoms with Gasteiger partial charge >= 0.3 is 0 Å². The molecule has 0 aliphatic rings. The maximum Gasteiger partial charge on any atom is 0.213 e. The van der Waals surface area contributed by atoms with Crippen LogP contribution in [-0.4, -0.2) is 39.0 Å². The van der Waals surface area contributed by atoms with E-state index in [-0.39, 0.29) is 11.5 Å². The maximum absolute atomic E-state index is 13.0. The van der Waals surface area contributed by atoms with Crippen LogP contribution < -0.4 is 14.2 Å². The molecule has 0 N–H and O–H groups in total. The maximum atomic E-state index is 13.0. The molecule has 0 atom stereocenters. The molecule has 6 nitrogen and oxygen atoms in total. The first-order chi connectivity index (χ1) is 14.7. The summed E-state index contributed by atoms with van der Waals surface area (Å²) in [6.45, 7) is 0. The molecule has 0 spiro atoms. The lowest BCUT2D eigenvalue weighted by atomic mass is 10.0. The van der Waals surface area contributed by atoms with E-state index in [9.17, 15) is 4.79 Å². The number of carbonyl (C=O) groups is 1. The van der Waals surface area contributed by atoms with Gasteiger partial charge in [-0.2, -0.15) is 5.10 Å². The minimum absolute atomic E-state index is 0.210. The number of hydrogen-bond acceptors (Lipinski definition) is 6. The van der Waals surface area contributed by atoms with Gasteiger partial charge in [0.1, 0.15) is 5.71 Å². The highest BCUT2D eigenvalue weighted by molar-refractivity contribution is 6.51. The highest BCUT2D eigenvalue weighted by Gasteiger charge is 2.17. The molecule has 0 fully saturated rings. The second-order valence-electron chi connectivity index (χ2n) is 6.18. The molecule has 3 rings (SSSR count). The molecule has 0 unspecified atom stereocenters. The van der Waals surface area contributed by atoms with Crippen molar-refractivity contribution >= 4 is 17.7 Å². The molecule has 0 amide bonds. The van der Waals surface area contributed by atoms with Crippen molar-refractivity contribution in [3.8, 4) is 17.2 Å². The second kappa shape index (κ2) is 10.0. The van der Waals surface area contributed by atoms with Crippen LogP contribution in [0.4, 0.5) is 0 Å². The van der Waals surface area contributed by atoms with E-state index in [0.717, 1.165) is 0 Å². The van der Waals surface area contributed by atoms with Gasteiger partial charge in [-0.25, -0.2) is 0 Å². The third-order valence-electron chi connectivity index (χ3n) is 4.39. The van der Waals surface area contributed by atoms with Crippen LogP contribution in [0.1, 0.15) is 21.5 Å². The van der Waals surface area contributed by atoms with Gasteiger partial charge in [-0.1, -0.05) is 60.7 Å². The van der Waals surface area contributed by atoms with Crippen LogP contribution in [0.3, 0.4) is 0 Å². The normalized spacial score (nSPS) is 11.4. The molecule has 3 aromatic rings. The first-order valence-corrected chi connectivity index (χ1v) is 9.24. The second-order valence-corrected chi connectivity index (χ2v) is 6.18. The third kappa shape index (κ3) is 4.55. The van der Waals surface area contributed by atoms with E-state index in [0.29, 0.717) is 33.9 Å². The Morgan fingerprint density at radius 1 is 0.733 bits per heavy atom. The van der Waals surface area contributed by atoms with Crippen molar-refractivity contribution < 1.29 is 19.0 Å². The van der Waals surface area contributed by atoms with Crippen molar-refractivity contribution in [2.24, 2.45) is 10.2 Å². The number of nitrogens with zero attached hydrogens (tertiary/aromatic N) is 2. The molecule has 152 valence electrons. The van der Waals surface area contributed by atoms with Crippen molar-refractivity contribution in [3.63, 3.8) is 0 Å². The average Bonchev–Trinajstić information content (AvgIpc) is 2.81. The zero-order valence-electron chi connectivity index (χ0n) is 17.0. The first-order valence-electron chi connectivity index (χ1n) is 9.24. The van der Waals surface area contributed by atoms with Gasteiger partial charge in [0.05, 0.1) is 27.5 Å². The van der Waals surface area contributed by atoms with Gasteiger partial charge in [0.2, 0.25) is 11.5 Å². The van der Waals surface area contributed by atoms with Crippen molar-refractivity contribution in [2.45, 2.75) is 0 Å². The van der Waals surface area contributed by atoms with Crippen molar-refractivity contribution in [1.82, 2.24) is 0 Å². The molecule has 0 aromatic heterocycles. The van der Waals surface area contributed by atoms with Gasteiger partial charge in [-0.15, -0.1) is 5.10 Å². The fraction of sp³-hybridized carbons (Fsp3) is 0.125. The molecule has 0 aliphatic heterocycles. The van der Waals surface area contributed by atoms with Crippen LogP contribution in [0.5, 0.6) is 17.2 Å². The van der Waals surface area contributed by atoms with E-state index >= 15 is 0 Å². The predicted octanol–water partition coefficient (Wildman–Crippen LogP) is 4.42. The Bertz CT molecular complexity index is 1060. The molecular weight excluding hydrogens is 380 g/mol. The Hall–Kier alpha value is -3.93. The number of ketones is 1. The number of hydrogen-bond donors (Lipinski definition) is 0. The van der Waals surface area contributed by atoms with Gasteiger partial charge in [-0.3, -0.25) is 4.79 Å². The summed E-state index contributed by atoms with van der Waals surface area (Å²) in [7, 11) is 4.62. The number of benzene rings is 3. The molecule has 30 heavy (non-hydrogen) atoms. The van der Waals surface area contributed by atoms with Gasteiger partial charge in [-0.05, 0) is 12.1 Å². The Labute approximate surface area is 175 Å². The van der Waals surface area contributed by atoms with E-state index in [1.54, 1.807) is 31.4 Å². The zero-order chi connectivity index (χ0) is 21.3. The summed E-state index contributed by atoms with van der Waals surface area (Å²) < 4.78 is 16.1. The molecule has 0 bridgehead atoms. The lowest BCUT2D eigenvalue weighted by molar-refractivity contribution is 0.106. The highest BCUT2D eigenvalue weighted by Crippen LogP contribution is 2.39. The lowest BCUT2D eigenvalue weighted by Gasteiger charge is -2.13. The van der Waals surface area contributed by atoms with E-state index < -0.39 is 0 Å². The molecule has 3 aromatic carbocycles. The van der Waals surface area contributed by atoms with Crippen LogP contribution in [0, 0.1) is 0 Å². The minimum Gasteiger partial charge on any atom is -0.493 e. The van der Waals surface area contributed by atoms with Crippen LogP contribution in [0.2, 0.25) is 0 Å². The summed E-state index contributed by atoms with van der Waals surface area (Å²) in [6, 6.07) is 21.8. The van der Waals surface area contributed by atoms with E-state index in [4.69, 9.17) is 14.2 Å². The summed E-state index contributed by atoms with van der Waals surface area (Å²) in [5.41, 5.74) is 2.11. The monoisotopic (exact) mass is 402 g/mol. The number of ether oxygens (including phenoxy) is 3. The van der Waals surface area contributed by atoms with Crippen LogP contribution >= 0.6 is 0 Å². The fourth-order valence-electron chi connectivity index (χ4n) is 2.93. The highest BCUT2D eigenvalue weighted by atomic mass is 16.5. The summed E-state index contributed by atoms with van der Waals surface area (Å²) in [5.74, 6) is 1.25. The SMILES string of the molecule is COc1ccc(/C=N\N=C(/C(=O)c2ccccc2)c2ccccc2)c(OC)c1OC. The van der Waals surface area contributed by atoms with Gasteiger partial charge in [0, 0.05) is 16.7 Å². The lowest BCUT2D eigenvalue weighted by Crippen LogP contribution is -2.15. The minimum atomic E-state index is -0.210. The summed E-state index contributed by atoms with van der Waals surface area (Å²) in [4.78, 5) is 13.0. The first kappa shape index (κ1) is 20.8. The van der Waals surface area contributed by atoms with Gasteiger partial charge in [0.25, 0.3) is 0 Å². The molecule has 0 saturated carbocycles. The zero-order valence-corrected chi connectivity index (χ0v) is 17.0. The third-order valence-corrected chi connectivity index (χ3v) is 4.39. The van der Waals surface area contributed by atoms with Crippen LogP contribution in [0.15, 0.2) is 83.0 Å². The predicted molar refractivity (Wildman–Crippen MR) is 117 cm³/mol. The van der Waals surface area contributed by atoms with Crippen molar-refractivity contribution in [2.75, 3.05) is 21.3 Å². The molecule has 0 saturated heterocycles. The quantitative estimate of drug-likeness (QED) is 0.318. The number of rotatable bonds is 8. The van der Waals surface area contributed by atoms with Crippen LogP contribution in [-0.2, 0) is 0 Å². The number of methoxy groups -OCH3 is 3. The Morgan fingerprint density at radius 3 is 1.90 bits per heavy atom. The Kier molecular flexibility index (Phi) is 6.95. The number of carbonyl (C=O) groups excluding carboxylic acids is 1. The molecule has 0 heterocycles. The van der Waals surface area contributed by atoms with Gasteiger partial charge < -0.3 is 14.2 Å². The summed E-state index contributed by atoms with van der Waals surface area (Å²) in [5, 5.41) is 8.42. The fourth-order valence-corrected chi connectivity index (χ4v) is 2.93. The number of Topliss-reactive ketones (excluding diaryl/α,β-unsaturated/α-hetero) is 1. The molecule has 6 heteroatoms. The molecular formula is C24H22N2O4. The van der Waals surface area contributed by atoms with Crippen molar-refractivity contribution in [3.05, 3.63) is 89.5 Å². The molecule has 0 aliphatic carbocycles. The topological polar surface area (TPSA) is 69.5 Å². The smallest absolute Gasteiger partial charge is 0.213 e. The van der Waals surface area contributed by atoms with Crippen LogP contribution in [0.25, 0.3) is 0 Å². The summed E-state index contributed by atoms with van der Waals surface area (Å²) in [6.07, 6.45) is 1.52. The van der Waals surface area contributed by atoms with Crippen molar-refractivity contribution in [1.29, 1.82) is 0 Å². The van der Waals surface area contributed by atoms with E-state index in [1.807, 2.05) is 48.5 Å². The van der Waals surface area contributed by atoms with Gasteiger partial charge in [0.15, 0.2) is 11.5 Å². The largest absolute Gasteiger partial charge is 0.493 e. The Morgan fingerprint density at radius 2 is 1.33 bits per heavy atom. The summed E-state index contributed by atoms with van der Waals surface area (Å²) >= 11 is 0. The average molecular weight is 402 g/mol. The Balaban J connectivity index is 2.01.